The first-order chi connectivity index (χ1) is 14.4. The van der Waals surface area contributed by atoms with E-state index in [4.69, 9.17) is 4.74 Å². The second kappa shape index (κ2) is 8.09. The third kappa shape index (κ3) is 3.89. The summed E-state index contributed by atoms with van der Waals surface area (Å²) in [7, 11) is 0. The molecule has 0 amide bonds. The number of rotatable bonds is 6. The van der Waals surface area contributed by atoms with Gasteiger partial charge in [0.2, 0.25) is 0 Å². The molecule has 1 fully saturated rings. The van der Waals surface area contributed by atoms with Crippen molar-refractivity contribution < 1.29 is 4.74 Å². The minimum Gasteiger partial charge on any atom is -0.492 e. The summed E-state index contributed by atoms with van der Waals surface area (Å²) >= 11 is 0. The van der Waals surface area contributed by atoms with Crippen LogP contribution in [0.15, 0.2) is 55.0 Å². The zero-order valence-electron chi connectivity index (χ0n) is 16.4. The topological polar surface area (TPSA) is 69.8 Å². The third-order valence-corrected chi connectivity index (χ3v) is 5.63. The molecule has 1 saturated heterocycles. The average Bonchev–Trinajstić information content (AvgIpc) is 3.44. The summed E-state index contributed by atoms with van der Waals surface area (Å²) in [6, 6.07) is 12.4. The first-order valence-electron chi connectivity index (χ1n) is 10.3. The summed E-state index contributed by atoms with van der Waals surface area (Å²) in [6.45, 7) is 4.16. The number of piperidine rings is 1. The summed E-state index contributed by atoms with van der Waals surface area (Å²) in [5, 5.41) is 8.15. The van der Waals surface area contributed by atoms with Crippen molar-refractivity contribution in [3.63, 3.8) is 0 Å². The Morgan fingerprint density at radius 2 is 1.86 bits per heavy atom. The molecule has 1 aliphatic heterocycles. The summed E-state index contributed by atoms with van der Waals surface area (Å²) in [4.78, 5) is 10.3. The molecule has 2 N–H and O–H groups in total. The van der Waals surface area contributed by atoms with Crippen molar-refractivity contribution in [1.82, 2.24) is 25.1 Å². The number of hydrogen-bond donors (Lipinski definition) is 2. The van der Waals surface area contributed by atoms with Crippen molar-refractivity contribution in [2.75, 3.05) is 26.2 Å². The Balaban J connectivity index is 1.29. The normalized spacial score (nSPS) is 15.0. The average molecular weight is 387 g/mol. The van der Waals surface area contributed by atoms with Crippen LogP contribution in [0.1, 0.15) is 19.3 Å². The van der Waals surface area contributed by atoms with E-state index in [1.807, 2.05) is 30.6 Å². The second-order valence-corrected chi connectivity index (χ2v) is 7.57. The van der Waals surface area contributed by atoms with E-state index in [1.54, 1.807) is 6.20 Å². The van der Waals surface area contributed by atoms with Gasteiger partial charge in [-0.3, -0.25) is 10.00 Å². The van der Waals surface area contributed by atoms with Crippen molar-refractivity contribution in [3.05, 3.63) is 55.0 Å². The van der Waals surface area contributed by atoms with Crippen LogP contribution in [-0.4, -0.2) is 51.3 Å². The lowest BCUT2D eigenvalue weighted by Crippen LogP contribution is -2.33. The maximum atomic E-state index is 5.95. The van der Waals surface area contributed by atoms with E-state index < -0.39 is 0 Å². The van der Waals surface area contributed by atoms with Crippen molar-refractivity contribution >= 4 is 11.0 Å². The zero-order valence-corrected chi connectivity index (χ0v) is 16.4. The van der Waals surface area contributed by atoms with E-state index in [9.17, 15) is 0 Å². The van der Waals surface area contributed by atoms with E-state index in [0.29, 0.717) is 0 Å². The van der Waals surface area contributed by atoms with Gasteiger partial charge in [-0.15, -0.1) is 0 Å². The van der Waals surface area contributed by atoms with Gasteiger partial charge in [0.05, 0.1) is 5.69 Å². The number of nitrogens with one attached hydrogen (secondary N) is 2. The maximum absolute atomic E-state index is 5.95. The number of hydrogen-bond acceptors (Lipinski definition) is 4. The quantitative estimate of drug-likeness (QED) is 0.512. The van der Waals surface area contributed by atoms with E-state index >= 15 is 0 Å². The monoisotopic (exact) mass is 387 g/mol. The van der Waals surface area contributed by atoms with Crippen molar-refractivity contribution in [1.29, 1.82) is 0 Å². The number of nitrogens with zero attached hydrogens (tertiary/aromatic N) is 3. The first kappa shape index (κ1) is 17.9. The smallest absolute Gasteiger partial charge is 0.137 e. The van der Waals surface area contributed by atoms with Gasteiger partial charge in [-0.1, -0.05) is 18.6 Å². The van der Waals surface area contributed by atoms with E-state index in [-0.39, 0.29) is 0 Å². The SMILES string of the molecule is c1cc(-c2c[nH]c3ncc(-c4ccc(OCCN5CCCCC5)cc4)cc23)[nH]n1. The molecule has 0 radical (unpaired) electrons. The van der Waals surface area contributed by atoms with Gasteiger partial charge < -0.3 is 9.72 Å². The highest BCUT2D eigenvalue weighted by molar-refractivity contribution is 5.94. The Hall–Kier alpha value is -3.12. The lowest BCUT2D eigenvalue weighted by molar-refractivity contribution is 0.183. The highest BCUT2D eigenvalue weighted by Gasteiger charge is 2.11. The van der Waals surface area contributed by atoms with Crippen LogP contribution in [0, 0.1) is 0 Å². The number of aromatic nitrogens is 4. The minimum atomic E-state index is 0.740. The van der Waals surface area contributed by atoms with Gasteiger partial charge in [-0.2, -0.15) is 5.10 Å². The molecule has 6 heteroatoms. The number of aromatic amines is 2. The number of fused-ring (bicyclic) bond motifs is 1. The number of H-pyrrole nitrogens is 2. The molecule has 0 unspecified atom stereocenters. The van der Waals surface area contributed by atoms with Gasteiger partial charge in [0.25, 0.3) is 0 Å². The molecule has 29 heavy (non-hydrogen) atoms. The van der Waals surface area contributed by atoms with Crippen LogP contribution in [0.25, 0.3) is 33.4 Å². The summed E-state index contributed by atoms with van der Waals surface area (Å²) in [5.41, 5.74) is 5.13. The van der Waals surface area contributed by atoms with Crippen LogP contribution in [0.4, 0.5) is 0 Å². The number of pyridine rings is 1. The molecule has 0 bridgehead atoms. The molecule has 4 aromatic rings. The molecular formula is C23H25N5O. The fourth-order valence-corrected chi connectivity index (χ4v) is 4.01. The Morgan fingerprint density at radius 1 is 1.00 bits per heavy atom. The molecule has 148 valence electrons. The molecule has 6 nitrogen and oxygen atoms in total. The number of likely N-dealkylation sites (tertiary alicyclic amines) is 1. The highest BCUT2D eigenvalue weighted by Crippen LogP contribution is 2.30. The van der Waals surface area contributed by atoms with Crippen molar-refractivity contribution in [2.24, 2.45) is 0 Å². The highest BCUT2D eigenvalue weighted by atomic mass is 16.5. The Morgan fingerprint density at radius 3 is 2.66 bits per heavy atom. The van der Waals surface area contributed by atoms with E-state index in [2.05, 4.69) is 43.3 Å². The van der Waals surface area contributed by atoms with Crippen LogP contribution in [0.5, 0.6) is 5.75 Å². The van der Waals surface area contributed by atoms with Gasteiger partial charge in [-0.05, 0) is 55.8 Å². The third-order valence-electron chi connectivity index (χ3n) is 5.63. The van der Waals surface area contributed by atoms with Gasteiger partial charge in [0, 0.05) is 41.6 Å². The lowest BCUT2D eigenvalue weighted by Gasteiger charge is -2.26. The zero-order chi connectivity index (χ0) is 19.5. The minimum absolute atomic E-state index is 0.740. The van der Waals surface area contributed by atoms with Crippen molar-refractivity contribution in [2.45, 2.75) is 19.3 Å². The van der Waals surface area contributed by atoms with E-state index in [1.165, 1.54) is 32.4 Å². The lowest BCUT2D eigenvalue weighted by atomic mass is 10.0. The molecule has 5 rings (SSSR count). The van der Waals surface area contributed by atoms with Crippen LogP contribution < -0.4 is 4.74 Å². The second-order valence-electron chi connectivity index (χ2n) is 7.57. The molecule has 0 spiro atoms. The maximum Gasteiger partial charge on any atom is 0.137 e. The van der Waals surface area contributed by atoms with Crippen LogP contribution >= 0.6 is 0 Å². The molecule has 0 atom stereocenters. The van der Waals surface area contributed by atoms with Gasteiger partial charge in [0.1, 0.15) is 18.0 Å². The summed E-state index contributed by atoms with van der Waals surface area (Å²) < 4.78 is 5.95. The molecule has 0 aliphatic carbocycles. The van der Waals surface area contributed by atoms with Crippen LogP contribution in [0.2, 0.25) is 0 Å². The van der Waals surface area contributed by atoms with Gasteiger partial charge in [-0.25, -0.2) is 4.98 Å². The Labute approximate surface area is 169 Å². The molecule has 3 aromatic heterocycles. The molecule has 1 aromatic carbocycles. The Bertz CT molecular complexity index is 1060. The van der Waals surface area contributed by atoms with Crippen LogP contribution in [0.3, 0.4) is 0 Å². The summed E-state index contributed by atoms with van der Waals surface area (Å²) in [5.74, 6) is 0.916. The number of benzene rings is 1. The predicted molar refractivity (Wildman–Crippen MR) is 115 cm³/mol. The fraction of sp³-hybridized carbons (Fsp3) is 0.304. The summed E-state index contributed by atoms with van der Waals surface area (Å²) in [6.07, 6.45) is 9.63. The van der Waals surface area contributed by atoms with Crippen molar-refractivity contribution in [3.8, 4) is 28.1 Å². The molecule has 0 saturated carbocycles. The van der Waals surface area contributed by atoms with Crippen LogP contribution in [-0.2, 0) is 0 Å². The molecule has 1 aliphatic rings. The first-order valence-corrected chi connectivity index (χ1v) is 10.3. The standard InChI is InChI=1S/C23H25N5O/c1-2-10-28(11-3-1)12-13-29-19-6-4-17(5-7-19)18-14-20-21(22-8-9-26-27-22)16-25-23(20)24-15-18/h4-9,14-16H,1-3,10-13H2,(H,24,25)(H,26,27). The predicted octanol–water partition coefficient (Wildman–Crippen LogP) is 4.48. The molecular weight excluding hydrogens is 362 g/mol. The van der Waals surface area contributed by atoms with E-state index in [0.717, 1.165) is 52.3 Å². The molecule has 4 heterocycles. The van der Waals surface area contributed by atoms with Gasteiger partial charge >= 0.3 is 0 Å². The number of ether oxygens (including phenoxy) is 1. The Kier molecular flexibility index (Phi) is 5.01. The largest absolute Gasteiger partial charge is 0.492 e. The fourth-order valence-electron chi connectivity index (χ4n) is 4.01. The van der Waals surface area contributed by atoms with Gasteiger partial charge in [0.15, 0.2) is 0 Å².